The van der Waals surface area contributed by atoms with Crippen LogP contribution in [0.5, 0.6) is 0 Å². The van der Waals surface area contributed by atoms with Gasteiger partial charge in [-0.15, -0.1) is 0 Å². The van der Waals surface area contributed by atoms with E-state index in [1.165, 1.54) is 37.9 Å². The van der Waals surface area contributed by atoms with Crippen molar-refractivity contribution in [2.75, 3.05) is 18.5 Å². The monoisotopic (exact) mass is 259 g/mol. The van der Waals surface area contributed by atoms with Gasteiger partial charge in [-0.05, 0) is 61.6 Å². The maximum atomic E-state index is 9.54. The second-order valence-electron chi connectivity index (χ2n) is 6.58. The quantitative estimate of drug-likeness (QED) is 0.893. The van der Waals surface area contributed by atoms with Crippen molar-refractivity contribution in [2.24, 2.45) is 17.8 Å². The van der Waals surface area contributed by atoms with Crippen molar-refractivity contribution < 1.29 is 5.11 Å². The zero-order chi connectivity index (χ0) is 13.4. The zero-order valence-electron chi connectivity index (χ0n) is 12.0. The standard InChI is InChI=1S/C17H25NO/c1-12(19)14-5-7-17(8-6-14)18(2)11-16-10-13-3-4-15(16)9-13/h5-8,12-13,15-16,19H,3-4,9-11H2,1-2H3. The Balaban J connectivity index is 1.62. The average Bonchev–Trinajstić information content (AvgIpc) is 3.01. The Morgan fingerprint density at radius 2 is 1.95 bits per heavy atom. The van der Waals surface area contributed by atoms with Crippen LogP contribution in [0.25, 0.3) is 0 Å². The van der Waals surface area contributed by atoms with E-state index in [2.05, 4.69) is 24.1 Å². The lowest BCUT2D eigenvalue weighted by atomic mass is 9.88. The van der Waals surface area contributed by atoms with Crippen molar-refractivity contribution in [3.05, 3.63) is 29.8 Å². The molecule has 0 heterocycles. The third-order valence-corrected chi connectivity index (χ3v) is 5.21. The van der Waals surface area contributed by atoms with Crippen molar-refractivity contribution in [2.45, 2.75) is 38.7 Å². The minimum Gasteiger partial charge on any atom is -0.389 e. The van der Waals surface area contributed by atoms with E-state index in [1.54, 1.807) is 0 Å². The molecule has 19 heavy (non-hydrogen) atoms. The number of anilines is 1. The van der Waals surface area contributed by atoms with Crippen molar-refractivity contribution in [3.63, 3.8) is 0 Å². The highest BCUT2D eigenvalue weighted by molar-refractivity contribution is 5.47. The Morgan fingerprint density at radius 1 is 1.21 bits per heavy atom. The van der Waals surface area contributed by atoms with E-state index in [0.717, 1.165) is 23.3 Å². The van der Waals surface area contributed by atoms with Crippen molar-refractivity contribution in [1.82, 2.24) is 0 Å². The molecule has 0 aromatic heterocycles. The number of nitrogens with zero attached hydrogens (tertiary/aromatic N) is 1. The molecule has 0 saturated heterocycles. The first kappa shape index (κ1) is 13.0. The minimum absolute atomic E-state index is 0.370. The van der Waals surface area contributed by atoms with Crippen molar-refractivity contribution >= 4 is 5.69 Å². The van der Waals surface area contributed by atoms with Gasteiger partial charge in [0.2, 0.25) is 0 Å². The van der Waals surface area contributed by atoms with Gasteiger partial charge in [-0.2, -0.15) is 0 Å². The fourth-order valence-electron chi connectivity index (χ4n) is 4.06. The second kappa shape index (κ2) is 5.16. The van der Waals surface area contributed by atoms with E-state index in [1.807, 2.05) is 19.1 Å². The molecule has 2 fully saturated rings. The molecule has 0 radical (unpaired) electrons. The summed E-state index contributed by atoms with van der Waals surface area (Å²) in [5.74, 6) is 2.92. The van der Waals surface area contributed by atoms with Gasteiger partial charge in [0.15, 0.2) is 0 Å². The molecule has 2 aliphatic carbocycles. The van der Waals surface area contributed by atoms with E-state index in [4.69, 9.17) is 0 Å². The topological polar surface area (TPSA) is 23.5 Å². The molecule has 1 N–H and O–H groups in total. The molecule has 4 atom stereocenters. The van der Waals surface area contributed by atoms with Gasteiger partial charge < -0.3 is 10.0 Å². The molecule has 104 valence electrons. The predicted molar refractivity (Wildman–Crippen MR) is 79.3 cm³/mol. The molecule has 1 aromatic rings. The Hall–Kier alpha value is -1.02. The summed E-state index contributed by atoms with van der Waals surface area (Å²) in [7, 11) is 2.20. The van der Waals surface area contributed by atoms with Crippen LogP contribution in [0.1, 0.15) is 44.3 Å². The summed E-state index contributed by atoms with van der Waals surface area (Å²) in [4.78, 5) is 2.39. The summed E-state index contributed by atoms with van der Waals surface area (Å²) in [6, 6.07) is 8.35. The molecule has 0 amide bonds. The predicted octanol–water partition coefficient (Wildman–Crippen LogP) is 3.61. The van der Waals surface area contributed by atoms with Gasteiger partial charge in [0.25, 0.3) is 0 Å². The third-order valence-electron chi connectivity index (χ3n) is 5.21. The second-order valence-corrected chi connectivity index (χ2v) is 6.58. The average molecular weight is 259 g/mol. The highest BCUT2D eigenvalue weighted by Crippen LogP contribution is 2.48. The summed E-state index contributed by atoms with van der Waals surface area (Å²) >= 11 is 0. The molecule has 2 aliphatic rings. The van der Waals surface area contributed by atoms with Gasteiger partial charge in [-0.1, -0.05) is 18.6 Å². The summed E-state index contributed by atoms with van der Waals surface area (Å²) in [5.41, 5.74) is 2.27. The first-order chi connectivity index (χ1) is 9.13. The van der Waals surface area contributed by atoms with Gasteiger partial charge in [-0.3, -0.25) is 0 Å². The molecule has 2 saturated carbocycles. The number of aliphatic hydroxyl groups is 1. The molecule has 2 bridgehead atoms. The van der Waals surface area contributed by atoms with Crippen molar-refractivity contribution in [1.29, 1.82) is 0 Å². The molecule has 3 rings (SSSR count). The summed E-state index contributed by atoms with van der Waals surface area (Å²) in [6.07, 6.45) is 5.50. The first-order valence-corrected chi connectivity index (χ1v) is 7.62. The van der Waals surface area contributed by atoms with E-state index in [0.29, 0.717) is 0 Å². The van der Waals surface area contributed by atoms with Gasteiger partial charge >= 0.3 is 0 Å². The largest absolute Gasteiger partial charge is 0.389 e. The number of aliphatic hydroxyl groups excluding tert-OH is 1. The molecule has 2 heteroatoms. The van der Waals surface area contributed by atoms with E-state index in [-0.39, 0.29) is 6.10 Å². The van der Waals surface area contributed by atoms with Crippen LogP contribution in [0.15, 0.2) is 24.3 Å². The summed E-state index contributed by atoms with van der Waals surface area (Å²) < 4.78 is 0. The lowest BCUT2D eigenvalue weighted by molar-refractivity contribution is 0.199. The van der Waals surface area contributed by atoms with E-state index in [9.17, 15) is 5.11 Å². The maximum absolute atomic E-state index is 9.54. The Kier molecular flexibility index (Phi) is 3.53. The smallest absolute Gasteiger partial charge is 0.0761 e. The molecule has 4 unspecified atom stereocenters. The number of hydrogen-bond donors (Lipinski definition) is 1. The molecular formula is C17H25NO. The van der Waals surface area contributed by atoms with E-state index < -0.39 is 0 Å². The van der Waals surface area contributed by atoms with Crippen LogP contribution in [0, 0.1) is 17.8 Å². The van der Waals surface area contributed by atoms with Gasteiger partial charge in [0.1, 0.15) is 0 Å². The number of rotatable bonds is 4. The number of fused-ring (bicyclic) bond motifs is 2. The van der Waals surface area contributed by atoms with Crippen LogP contribution < -0.4 is 4.90 Å². The Morgan fingerprint density at radius 3 is 2.47 bits per heavy atom. The lowest BCUT2D eigenvalue weighted by Crippen LogP contribution is -2.28. The molecular weight excluding hydrogens is 234 g/mol. The molecule has 1 aromatic carbocycles. The van der Waals surface area contributed by atoms with Crippen LogP contribution >= 0.6 is 0 Å². The lowest BCUT2D eigenvalue weighted by Gasteiger charge is -2.28. The molecule has 0 spiro atoms. The van der Waals surface area contributed by atoms with Gasteiger partial charge in [0, 0.05) is 19.3 Å². The molecule has 2 nitrogen and oxygen atoms in total. The fourth-order valence-corrected chi connectivity index (χ4v) is 4.06. The van der Waals surface area contributed by atoms with E-state index >= 15 is 0 Å². The summed E-state index contributed by atoms with van der Waals surface area (Å²) in [5, 5.41) is 9.54. The zero-order valence-corrected chi connectivity index (χ0v) is 12.0. The Bertz CT molecular complexity index is 425. The maximum Gasteiger partial charge on any atom is 0.0761 e. The van der Waals surface area contributed by atoms with Crippen LogP contribution in [0.2, 0.25) is 0 Å². The third kappa shape index (κ3) is 2.64. The van der Waals surface area contributed by atoms with Crippen LogP contribution in [-0.2, 0) is 0 Å². The summed E-state index contributed by atoms with van der Waals surface area (Å²) in [6.45, 7) is 3.00. The van der Waals surface area contributed by atoms with Crippen LogP contribution in [0.4, 0.5) is 5.69 Å². The Labute approximate surface area is 116 Å². The minimum atomic E-state index is -0.370. The van der Waals surface area contributed by atoms with Crippen LogP contribution in [0.3, 0.4) is 0 Å². The first-order valence-electron chi connectivity index (χ1n) is 7.62. The molecule has 0 aliphatic heterocycles. The fraction of sp³-hybridized carbons (Fsp3) is 0.647. The SMILES string of the molecule is CC(O)c1ccc(N(C)CC2CC3CCC2C3)cc1. The van der Waals surface area contributed by atoms with Crippen molar-refractivity contribution in [3.8, 4) is 0 Å². The van der Waals surface area contributed by atoms with Gasteiger partial charge in [-0.25, -0.2) is 0 Å². The van der Waals surface area contributed by atoms with Gasteiger partial charge in [0.05, 0.1) is 6.10 Å². The number of benzene rings is 1. The normalized spacial score (nSPS) is 30.6. The highest BCUT2D eigenvalue weighted by Gasteiger charge is 2.39. The number of hydrogen-bond acceptors (Lipinski definition) is 2. The highest BCUT2D eigenvalue weighted by atomic mass is 16.3. The van der Waals surface area contributed by atoms with Crippen LogP contribution in [-0.4, -0.2) is 18.7 Å².